The van der Waals surface area contributed by atoms with Gasteiger partial charge < -0.3 is 10.2 Å². The van der Waals surface area contributed by atoms with Gasteiger partial charge in [-0.1, -0.05) is 13.3 Å². The molecule has 2 aliphatic rings. The normalized spacial score (nSPS) is 30.1. The minimum atomic E-state index is 0.179. The molecular formula is C12H22N2O. The van der Waals surface area contributed by atoms with E-state index in [1.165, 1.54) is 38.5 Å². The van der Waals surface area contributed by atoms with Gasteiger partial charge in [-0.05, 0) is 38.0 Å². The molecule has 1 N–H and O–H groups in total. The second-order valence-electron chi connectivity index (χ2n) is 4.89. The molecule has 3 heteroatoms. The number of nitrogens with one attached hydrogen (secondary N) is 1. The first-order valence-corrected chi connectivity index (χ1v) is 6.36. The van der Waals surface area contributed by atoms with Gasteiger partial charge in [0.05, 0.1) is 0 Å². The van der Waals surface area contributed by atoms with Gasteiger partial charge in [0, 0.05) is 19.1 Å². The smallest absolute Gasteiger partial charge is 0.317 e. The molecule has 2 rings (SSSR count). The topological polar surface area (TPSA) is 32.3 Å². The lowest BCUT2D eigenvalue weighted by Crippen LogP contribution is -2.43. The van der Waals surface area contributed by atoms with Crippen LogP contribution in [0.5, 0.6) is 0 Å². The number of carbonyl (C=O) groups excluding carboxylic acids is 1. The standard InChI is InChI=1S/C12H22N2O/c1-2-6-10-9-11(10)13-12(15)14-7-4-3-5-8-14/h10-11H,2-9H2,1H3,(H,13,15). The third-order valence-corrected chi connectivity index (χ3v) is 3.53. The average Bonchev–Trinajstić information content (AvgIpc) is 2.98. The molecule has 0 radical (unpaired) electrons. The number of amides is 2. The van der Waals surface area contributed by atoms with E-state index in [1.807, 2.05) is 4.90 Å². The summed E-state index contributed by atoms with van der Waals surface area (Å²) in [7, 11) is 0. The number of nitrogens with zero attached hydrogens (tertiary/aromatic N) is 1. The van der Waals surface area contributed by atoms with Gasteiger partial charge in [-0.25, -0.2) is 4.79 Å². The summed E-state index contributed by atoms with van der Waals surface area (Å²) in [5.41, 5.74) is 0. The summed E-state index contributed by atoms with van der Waals surface area (Å²) in [6, 6.07) is 0.665. The quantitative estimate of drug-likeness (QED) is 0.762. The summed E-state index contributed by atoms with van der Waals surface area (Å²) in [6.07, 6.45) is 7.34. The van der Waals surface area contributed by atoms with Crippen molar-refractivity contribution < 1.29 is 4.79 Å². The Bertz CT molecular complexity index is 224. The van der Waals surface area contributed by atoms with Gasteiger partial charge >= 0.3 is 6.03 Å². The van der Waals surface area contributed by atoms with Gasteiger partial charge in [0.15, 0.2) is 0 Å². The van der Waals surface area contributed by atoms with Crippen LogP contribution in [0.1, 0.15) is 45.4 Å². The summed E-state index contributed by atoms with van der Waals surface area (Å²) < 4.78 is 0. The van der Waals surface area contributed by atoms with E-state index in [0.29, 0.717) is 6.04 Å². The first kappa shape index (κ1) is 10.8. The summed E-state index contributed by atoms with van der Waals surface area (Å²) in [5, 5.41) is 3.15. The lowest BCUT2D eigenvalue weighted by atomic mass is 10.1. The van der Waals surface area contributed by atoms with Gasteiger partial charge in [0.1, 0.15) is 0 Å². The van der Waals surface area contributed by atoms with E-state index in [0.717, 1.165) is 19.0 Å². The number of hydrogen-bond acceptors (Lipinski definition) is 1. The van der Waals surface area contributed by atoms with Crippen molar-refractivity contribution >= 4 is 6.03 Å². The van der Waals surface area contributed by atoms with Crippen molar-refractivity contribution in [3.63, 3.8) is 0 Å². The molecule has 0 bridgehead atoms. The molecule has 2 unspecified atom stereocenters. The largest absolute Gasteiger partial charge is 0.335 e. The van der Waals surface area contributed by atoms with Crippen LogP contribution < -0.4 is 5.32 Å². The molecule has 86 valence electrons. The molecule has 0 aromatic carbocycles. The highest BCUT2D eigenvalue weighted by molar-refractivity contribution is 5.75. The Morgan fingerprint density at radius 1 is 1.33 bits per heavy atom. The average molecular weight is 210 g/mol. The molecule has 0 spiro atoms. The second-order valence-corrected chi connectivity index (χ2v) is 4.89. The van der Waals surface area contributed by atoms with Crippen LogP contribution in [-0.4, -0.2) is 30.1 Å². The van der Waals surface area contributed by atoms with Crippen LogP contribution in [0, 0.1) is 5.92 Å². The van der Waals surface area contributed by atoms with Crippen molar-refractivity contribution in [3.05, 3.63) is 0 Å². The maximum absolute atomic E-state index is 11.8. The minimum Gasteiger partial charge on any atom is -0.335 e. The highest BCUT2D eigenvalue weighted by atomic mass is 16.2. The van der Waals surface area contributed by atoms with Crippen molar-refractivity contribution in [3.8, 4) is 0 Å². The maximum atomic E-state index is 11.8. The number of piperidine rings is 1. The van der Waals surface area contributed by atoms with Crippen LogP contribution in [0.25, 0.3) is 0 Å². The lowest BCUT2D eigenvalue weighted by Gasteiger charge is -2.26. The molecule has 1 saturated heterocycles. The molecule has 1 saturated carbocycles. The fourth-order valence-corrected chi connectivity index (χ4v) is 2.46. The number of urea groups is 1. The van der Waals surface area contributed by atoms with Crippen LogP contribution in [0.4, 0.5) is 4.79 Å². The molecule has 15 heavy (non-hydrogen) atoms. The Morgan fingerprint density at radius 3 is 2.73 bits per heavy atom. The van der Waals surface area contributed by atoms with Crippen LogP contribution in [0.2, 0.25) is 0 Å². The van der Waals surface area contributed by atoms with E-state index >= 15 is 0 Å². The van der Waals surface area contributed by atoms with E-state index in [9.17, 15) is 4.79 Å². The third kappa shape index (κ3) is 2.86. The Labute approximate surface area is 92.2 Å². The van der Waals surface area contributed by atoms with Gasteiger partial charge in [-0.15, -0.1) is 0 Å². The molecule has 1 aliphatic carbocycles. The molecule has 2 fully saturated rings. The summed E-state index contributed by atoms with van der Waals surface area (Å²) in [6.45, 7) is 4.12. The van der Waals surface area contributed by atoms with E-state index in [2.05, 4.69) is 12.2 Å². The van der Waals surface area contributed by atoms with E-state index in [4.69, 9.17) is 0 Å². The number of hydrogen-bond donors (Lipinski definition) is 1. The fourth-order valence-electron chi connectivity index (χ4n) is 2.46. The van der Waals surface area contributed by atoms with Crippen molar-refractivity contribution in [2.24, 2.45) is 5.92 Å². The van der Waals surface area contributed by atoms with Gasteiger partial charge in [0.25, 0.3) is 0 Å². The minimum absolute atomic E-state index is 0.179. The van der Waals surface area contributed by atoms with Crippen molar-refractivity contribution in [1.29, 1.82) is 0 Å². The molecule has 3 nitrogen and oxygen atoms in total. The summed E-state index contributed by atoms with van der Waals surface area (Å²) in [5.74, 6) is 0.767. The Morgan fingerprint density at radius 2 is 2.07 bits per heavy atom. The molecular weight excluding hydrogens is 188 g/mol. The highest BCUT2D eigenvalue weighted by Crippen LogP contribution is 2.34. The van der Waals surface area contributed by atoms with E-state index in [1.54, 1.807) is 0 Å². The van der Waals surface area contributed by atoms with Crippen molar-refractivity contribution in [1.82, 2.24) is 10.2 Å². The molecule has 0 aromatic heterocycles. The monoisotopic (exact) mass is 210 g/mol. The summed E-state index contributed by atoms with van der Waals surface area (Å²) >= 11 is 0. The van der Waals surface area contributed by atoms with Gasteiger partial charge in [0.2, 0.25) is 0 Å². The number of likely N-dealkylation sites (tertiary alicyclic amines) is 1. The maximum Gasteiger partial charge on any atom is 0.317 e. The first-order chi connectivity index (χ1) is 7.31. The summed E-state index contributed by atoms with van der Waals surface area (Å²) in [4.78, 5) is 13.8. The van der Waals surface area contributed by atoms with Crippen LogP contribution in [0.15, 0.2) is 0 Å². The third-order valence-electron chi connectivity index (χ3n) is 3.53. The number of rotatable bonds is 3. The highest BCUT2D eigenvalue weighted by Gasteiger charge is 2.37. The SMILES string of the molecule is CCCC1CC1NC(=O)N1CCCCC1. The number of carbonyl (C=O) groups is 1. The lowest BCUT2D eigenvalue weighted by molar-refractivity contribution is 0.185. The van der Waals surface area contributed by atoms with E-state index in [-0.39, 0.29) is 6.03 Å². The Hall–Kier alpha value is -0.730. The molecule has 2 atom stereocenters. The second kappa shape index (κ2) is 4.86. The van der Waals surface area contributed by atoms with E-state index < -0.39 is 0 Å². The Balaban J connectivity index is 1.68. The zero-order valence-corrected chi connectivity index (χ0v) is 9.67. The zero-order valence-electron chi connectivity index (χ0n) is 9.67. The Kier molecular flexibility index (Phi) is 3.49. The van der Waals surface area contributed by atoms with Crippen LogP contribution in [-0.2, 0) is 0 Å². The molecule has 1 aliphatic heterocycles. The predicted octanol–water partition coefficient (Wildman–Crippen LogP) is 2.37. The van der Waals surface area contributed by atoms with Crippen LogP contribution >= 0.6 is 0 Å². The molecule has 0 aromatic rings. The van der Waals surface area contributed by atoms with Crippen LogP contribution in [0.3, 0.4) is 0 Å². The van der Waals surface area contributed by atoms with Crippen molar-refractivity contribution in [2.45, 2.75) is 51.5 Å². The molecule has 2 amide bonds. The van der Waals surface area contributed by atoms with Gasteiger partial charge in [-0.2, -0.15) is 0 Å². The molecule has 1 heterocycles. The zero-order chi connectivity index (χ0) is 10.7. The fraction of sp³-hybridized carbons (Fsp3) is 0.917. The first-order valence-electron chi connectivity index (χ1n) is 6.36. The predicted molar refractivity (Wildman–Crippen MR) is 60.8 cm³/mol. The van der Waals surface area contributed by atoms with Crippen molar-refractivity contribution in [2.75, 3.05) is 13.1 Å². The van der Waals surface area contributed by atoms with Gasteiger partial charge in [-0.3, -0.25) is 0 Å².